The van der Waals surface area contributed by atoms with Crippen LogP contribution in [-0.4, -0.2) is 37.7 Å². The number of methoxy groups -OCH3 is 2. The van der Waals surface area contributed by atoms with Crippen LogP contribution in [0, 0.1) is 0 Å². The second-order valence-electron chi connectivity index (χ2n) is 6.17. The number of ether oxygens (including phenoxy) is 2. The van der Waals surface area contributed by atoms with Gasteiger partial charge < -0.3 is 19.5 Å². The first-order chi connectivity index (χ1) is 13.2. The summed E-state index contributed by atoms with van der Waals surface area (Å²) < 4.78 is 11.8. The third-order valence-electron chi connectivity index (χ3n) is 4.92. The topological polar surface area (TPSA) is 58.9 Å². The molecule has 0 saturated heterocycles. The van der Waals surface area contributed by atoms with Crippen LogP contribution in [0.4, 0.5) is 0 Å². The fourth-order valence-corrected chi connectivity index (χ4v) is 3.70. The maximum absolute atomic E-state index is 7.00. The average molecular weight is 361 g/mol. The molecule has 1 aliphatic rings. The van der Waals surface area contributed by atoms with Crippen LogP contribution in [0.25, 0.3) is 22.4 Å². The monoisotopic (exact) mass is 361 g/mol. The van der Waals surface area contributed by atoms with Gasteiger partial charge in [0.25, 0.3) is 0 Å². The molecule has 0 heterocycles. The molecule has 1 aliphatic carbocycles. The van der Waals surface area contributed by atoms with Crippen LogP contribution in [0.15, 0.2) is 66.7 Å². The summed E-state index contributed by atoms with van der Waals surface area (Å²) in [7, 11) is 3.44. The normalized spacial score (nSPS) is 14.6. The van der Waals surface area contributed by atoms with Crippen molar-refractivity contribution in [3.8, 4) is 0 Å². The highest BCUT2D eigenvalue weighted by atomic mass is 16.7. The standard InChI is InChI=1S/C22H20O2.BH2O2/c1-23-22(24-2)15-14-17-9-4-6-12-19(17)21(22)20-13-7-10-16-8-3-5-11-18(16)20;2-1-3/h3-14H,15H2,1-2H3;2-3H. The second-order valence-corrected chi connectivity index (χ2v) is 6.17. The van der Waals surface area contributed by atoms with Gasteiger partial charge in [0, 0.05) is 26.2 Å². The fraction of sp³-hybridized carbons (Fsp3) is 0.182. The largest absolute Gasteiger partial charge is 0.482 e. The summed E-state index contributed by atoms with van der Waals surface area (Å²) in [6.45, 7) is 0. The Morgan fingerprint density at radius 2 is 1.48 bits per heavy atom. The van der Waals surface area contributed by atoms with Crippen molar-refractivity contribution in [2.24, 2.45) is 0 Å². The van der Waals surface area contributed by atoms with E-state index in [0.717, 1.165) is 11.1 Å². The van der Waals surface area contributed by atoms with Crippen molar-refractivity contribution in [1.82, 2.24) is 0 Å². The summed E-state index contributed by atoms with van der Waals surface area (Å²) in [6.07, 6.45) is 2.88. The predicted octanol–water partition coefficient (Wildman–Crippen LogP) is 1.72. The molecule has 0 spiro atoms. The summed E-state index contributed by atoms with van der Waals surface area (Å²) in [5.41, 5.74) is 2.26. The zero-order valence-electron chi connectivity index (χ0n) is 15.4. The van der Waals surface area contributed by atoms with Gasteiger partial charge in [0.15, 0.2) is 5.79 Å². The summed E-state index contributed by atoms with van der Waals surface area (Å²) in [5.74, 6) is -0.765. The van der Waals surface area contributed by atoms with E-state index < -0.39 is 5.79 Å². The van der Waals surface area contributed by atoms with Gasteiger partial charge in [-0.2, -0.15) is 0 Å². The fourth-order valence-electron chi connectivity index (χ4n) is 3.70. The molecule has 5 heteroatoms. The van der Waals surface area contributed by atoms with Crippen molar-refractivity contribution < 1.29 is 19.5 Å². The molecule has 0 amide bonds. The minimum atomic E-state index is -0.765. The first-order valence-electron chi connectivity index (χ1n) is 8.69. The molecule has 0 aliphatic heterocycles. The Balaban J connectivity index is 0.000000659. The highest BCUT2D eigenvalue weighted by Crippen LogP contribution is 2.36. The molecule has 0 unspecified atom stereocenters. The van der Waals surface area contributed by atoms with Crippen molar-refractivity contribution in [3.05, 3.63) is 82.7 Å². The zero-order chi connectivity index (χ0) is 19.3. The molecule has 0 saturated carbocycles. The number of benzene rings is 3. The van der Waals surface area contributed by atoms with Crippen LogP contribution in [0.5, 0.6) is 0 Å². The number of hydrogen-bond donors (Lipinski definition) is 2. The molecular formula is C22H22BO4. The summed E-state index contributed by atoms with van der Waals surface area (Å²) >= 11 is 0. The molecule has 3 aromatic carbocycles. The highest BCUT2D eigenvalue weighted by Gasteiger charge is 2.37. The van der Waals surface area contributed by atoms with E-state index in [1.165, 1.54) is 21.2 Å². The minimum absolute atomic E-state index is 0. The molecule has 0 atom stereocenters. The molecular weight excluding hydrogens is 339 g/mol. The van der Waals surface area contributed by atoms with E-state index in [0.29, 0.717) is 6.42 Å². The molecule has 1 radical (unpaired) electrons. The van der Waals surface area contributed by atoms with Gasteiger partial charge in [-0.1, -0.05) is 72.8 Å². The van der Waals surface area contributed by atoms with Crippen LogP contribution in [0.3, 0.4) is 0 Å². The maximum Gasteiger partial charge on any atom is 0.482 e. The molecule has 4 nitrogen and oxygen atoms in total. The van der Waals surface area contributed by atoms with Crippen LogP contribution >= 0.6 is 0 Å². The lowest BCUT2D eigenvalue weighted by Crippen LogP contribution is -2.45. The van der Waals surface area contributed by atoms with Gasteiger partial charge in [0.1, 0.15) is 0 Å². The van der Waals surface area contributed by atoms with E-state index >= 15 is 0 Å². The SMILES string of the molecule is COC1(OC)CC=c2ccccc2=C1c1cccc2ccccc12.O[B]O. The predicted molar refractivity (Wildman–Crippen MR) is 108 cm³/mol. The van der Waals surface area contributed by atoms with Gasteiger partial charge in [-0.05, 0) is 26.8 Å². The number of hydrogen-bond acceptors (Lipinski definition) is 4. The first kappa shape index (κ1) is 19.3. The lowest BCUT2D eigenvalue weighted by Gasteiger charge is -2.35. The molecule has 2 N–H and O–H groups in total. The van der Waals surface area contributed by atoms with E-state index in [2.05, 4.69) is 72.8 Å². The van der Waals surface area contributed by atoms with E-state index in [1.54, 1.807) is 14.2 Å². The first-order valence-corrected chi connectivity index (χ1v) is 8.69. The lowest BCUT2D eigenvalue weighted by molar-refractivity contribution is -0.157. The average Bonchev–Trinajstić information content (AvgIpc) is 2.73. The molecule has 0 bridgehead atoms. The van der Waals surface area contributed by atoms with Gasteiger partial charge in [-0.3, -0.25) is 0 Å². The van der Waals surface area contributed by atoms with Gasteiger partial charge in [-0.15, -0.1) is 0 Å². The maximum atomic E-state index is 7.00. The van der Waals surface area contributed by atoms with Gasteiger partial charge in [0.2, 0.25) is 0 Å². The van der Waals surface area contributed by atoms with E-state index in [9.17, 15) is 0 Å². The van der Waals surface area contributed by atoms with Crippen LogP contribution < -0.4 is 10.4 Å². The van der Waals surface area contributed by atoms with Crippen LogP contribution in [-0.2, 0) is 9.47 Å². The zero-order valence-corrected chi connectivity index (χ0v) is 15.4. The van der Waals surface area contributed by atoms with Crippen molar-refractivity contribution in [1.29, 1.82) is 0 Å². The Hall–Kier alpha value is -2.44. The molecule has 137 valence electrons. The Bertz CT molecular complexity index is 1040. The quantitative estimate of drug-likeness (QED) is 0.551. The molecule has 0 aromatic heterocycles. The van der Waals surface area contributed by atoms with Crippen LogP contribution in [0.2, 0.25) is 0 Å². The molecule has 3 aromatic rings. The van der Waals surface area contributed by atoms with Gasteiger partial charge in [0.05, 0.1) is 0 Å². The molecule has 0 fully saturated rings. The Morgan fingerprint density at radius 3 is 2.22 bits per heavy atom. The minimum Gasteiger partial charge on any atom is -0.429 e. The third-order valence-corrected chi connectivity index (χ3v) is 4.92. The lowest BCUT2D eigenvalue weighted by atomic mass is 9.86. The molecule has 4 rings (SSSR count). The van der Waals surface area contributed by atoms with E-state index in [4.69, 9.17) is 19.5 Å². The van der Waals surface area contributed by atoms with Gasteiger partial charge in [-0.25, -0.2) is 0 Å². The van der Waals surface area contributed by atoms with E-state index in [-0.39, 0.29) is 7.69 Å². The highest BCUT2D eigenvalue weighted by molar-refractivity contribution is 6.13. The van der Waals surface area contributed by atoms with Gasteiger partial charge >= 0.3 is 7.69 Å². The summed E-state index contributed by atoms with van der Waals surface area (Å²) in [5, 5.41) is 18.8. The van der Waals surface area contributed by atoms with E-state index in [1.807, 2.05) is 0 Å². The Labute approximate surface area is 159 Å². The molecule has 27 heavy (non-hydrogen) atoms. The summed E-state index contributed by atoms with van der Waals surface area (Å²) in [6, 6.07) is 23.3. The van der Waals surface area contributed by atoms with Crippen molar-refractivity contribution in [3.63, 3.8) is 0 Å². The Morgan fingerprint density at radius 1 is 0.852 bits per heavy atom. The second kappa shape index (κ2) is 8.50. The van der Waals surface area contributed by atoms with Crippen molar-refractivity contribution >= 4 is 30.1 Å². The third kappa shape index (κ3) is 3.55. The number of fused-ring (bicyclic) bond motifs is 2. The van der Waals surface area contributed by atoms with Crippen LogP contribution in [0.1, 0.15) is 12.0 Å². The Kier molecular flexibility index (Phi) is 6.09. The smallest absolute Gasteiger partial charge is 0.429 e. The van der Waals surface area contributed by atoms with Crippen molar-refractivity contribution in [2.45, 2.75) is 12.2 Å². The van der Waals surface area contributed by atoms with Crippen molar-refractivity contribution in [2.75, 3.05) is 14.2 Å². The summed E-state index contributed by atoms with van der Waals surface area (Å²) in [4.78, 5) is 0. The number of rotatable bonds is 3.